The van der Waals surface area contributed by atoms with Crippen LogP contribution < -0.4 is 4.74 Å². The van der Waals surface area contributed by atoms with Crippen LogP contribution >= 0.6 is 0 Å². The van der Waals surface area contributed by atoms with Crippen LogP contribution in [0.25, 0.3) is 16.8 Å². The largest absolute Gasteiger partial charge is 0.489 e. The summed E-state index contributed by atoms with van der Waals surface area (Å²) in [5, 5.41) is 4.52. The molecule has 4 rings (SSSR count). The van der Waals surface area contributed by atoms with Gasteiger partial charge in [-0.1, -0.05) is 54.6 Å². The second kappa shape index (κ2) is 7.50. The molecule has 1 heterocycles. The highest BCUT2D eigenvalue weighted by molar-refractivity contribution is 5.63. The minimum Gasteiger partial charge on any atom is -0.489 e. The molecule has 134 valence electrons. The smallest absolute Gasteiger partial charge is 0.119 e. The number of benzene rings is 3. The molecule has 0 aliphatic heterocycles. The van der Waals surface area contributed by atoms with Crippen molar-refractivity contribution in [2.75, 3.05) is 0 Å². The van der Waals surface area contributed by atoms with E-state index < -0.39 is 0 Å². The zero-order valence-corrected chi connectivity index (χ0v) is 15.6. The van der Waals surface area contributed by atoms with E-state index in [1.165, 1.54) is 11.1 Å². The first-order chi connectivity index (χ1) is 13.2. The molecule has 1 aromatic heterocycles. The molecule has 27 heavy (non-hydrogen) atoms. The third-order valence-corrected chi connectivity index (χ3v) is 4.56. The molecule has 0 amide bonds. The lowest BCUT2D eigenvalue weighted by Crippen LogP contribution is -2.00. The summed E-state index contributed by atoms with van der Waals surface area (Å²) in [4.78, 5) is 0. The molecule has 0 unspecified atom stereocenters. The van der Waals surface area contributed by atoms with Crippen LogP contribution in [0.4, 0.5) is 0 Å². The number of aryl methyl sites for hydroxylation is 2. The summed E-state index contributed by atoms with van der Waals surface area (Å²) in [5.41, 5.74) is 6.76. The van der Waals surface area contributed by atoms with E-state index in [9.17, 15) is 0 Å². The maximum atomic E-state index is 5.93. The van der Waals surface area contributed by atoms with E-state index in [-0.39, 0.29) is 0 Å². The Morgan fingerprint density at radius 1 is 0.778 bits per heavy atom. The van der Waals surface area contributed by atoms with Gasteiger partial charge in [0.2, 0.25) is 0 Å². The van der Waals surface area contributed by atoms with Crippen LogP contribution in [0, 0.1) is 13.8 Å². The van der Waals surface area contributed by atoms with Gasteiger partial charge in [-0.05, 0) is 60.9 Å². The molecule has 0 aliphatic rings. The average molecular weight is 354 g/mol. The number of aromatic nitrogens is 2. The van der Waals surface area contributed by atoms with Crippen molar-refractivity contribution in [2.24, 2.45) is 0 Å². The quantitative estimate of drug-likeness (QED) is 0.457. The van der Waals surface area contributed by atoms with Crippen molar-refractivity contribution in [3.8, 4) is 22.6 Å². The van der Waals surface area contributed by atoms with Gasteiger partial charge in [-0.3, -0.25) is 0 Å². The lowest BCUT2D eigenvalue weighted by atomic mass is 10.1. The average Bonchev–Trinajstić information content (AvgIpc) is 3.06. The van der Waals surface area contributed by atoms with Crippen LogP contribution in [0.5, 0.6) is 5.75 Å². The van der Waals surface area contributed by atoms with Gasteiger partial charge < -0.3 is 4.74 Å². The molecule has 0 aliphatic carbocycles. The van der Waals surface area contributed by atoms with E-state index in [0.29, 0.717) is 6.61 Å². The van der Waals surface area contributed by atoms with E-state index in [1.807, 2.05) is 29.8 Å². The molecule has 0 fully saturated rings. The number of hydrogen-bond donors (Lipinski definition) is 0. The first-order valence-corrected chi connectivity index (χ1v) is 9.10. The highest BCUT2D eigenvalue weighted by Crippen LogP contribution is 2.23. The summed E-state index contributed by atoms with van der Waals surface area (Å²) < 4.78 is 7.89. The van der Waals surface area contributed by atoms with Crippen LogP contribution in [0.1, 0.15) is 17.0 Å². The van der Waals surface area contributed by atoms with Crippen molar-refractivity contribution in [3.05, 3.63) is 102 Å². The van der Waals surface area contributed by atoms with E-state index >= 15 is 0 Å². The molecule has 0 saturated heterocycles. The number of hydrogen-bond acceptors (Lipinski definition) is 2. The molecule has 0 spiro atoms. The van der Waals surface area contributed by atoms with Crippen molar-refractivity contribution < 1.29 is 4.74 Å². The van der Waals surface area contributed by atoms with Crippen molar-refractivity contribution in [1.29, 1.82) is 0 Å². The van der Waals surface area contributed by atoms with Crippen LogP contribution in [-0.4, -0.2) is 9.78 Å². The number of rotatable bonds is 5. The molecule has 0 radical (unpaired) electrons. The van der Waals surface area contributed by atoms with Crippen LogP contribution in [0.3, 0.4) is 0 Å². The maximum absolute atomic E-state index is 5.93. The summed E-state index contributed by atoms with van der Waals surface area (Å²) in [6.45, 7) is 4.62. The Hall–Kier alpha value is -3.33. The fraction of sp³-hybridized carbons (Fsp3) is 0.125. The second-order valence-corrected chi connectivity index (χ2v) is 6.68. The zero-order chi connectivity index (χ0) is 18.6. The Morgan fingerprint density at radius 2 is 1.44 bits per heavy atom. The molecule has 3 heteroatoms. The predicted octanol–water partition coefficient (Wildman–Crippen LogP) is 5.74. The molecular weight excluding hydrogens is 332 g/mol. The van der Waals surface area contributed by atoms with Gasteiger partial charge in [0.25, 0.3) is 0 Å². The van der Waals surface area contributed by atoms with E-state index in [2.05, 4.69) is 78.8 Å². The van der Waals surface area contributed by atoms with Gasteiger partial charge in [0.1, 0.15) is 12.4 Å². The normalized spacial score (nSPS) is 10.7. The minimum absolute atomic E-state index is 0.544. The zero-order valence-electron chi connectivity index (χ0n) is 15.6. The minimum atomic E-state index is 0.544. The summed E-state index contributed by atoms with van der Waals surface area (Å²) in [6.07, 6.45) is 0. The van der Waals surface area contributed by atoms with E-state index in [4.69, 9.17) is 4.74 Å². The van der Waals surface area contributed by atoms with Crippen molar-refractivity contribution >= 4 is 0 Å². The van der Waals surface area contributed by atoms with Gasteiger partial charge >= 0.3 is 0 Å². The maximum Gasteiger partial charge on any atom is 0.119 e. The van der Waals surface area contributed by atoms with Crippen molar-refractivity contribution in [1.82, 2.24) is 9.78 Å². The number of ether oxygens (including phenoxy) is 1. The Bertz CT molecular complexity index is 1020. The fourth-order valence-corrected chi connectivity index (χ4v) is 3.16. The van der Waals surface area contributed by atoms with Gasteiger partial charge in [0, 0.05) is 5.69 Å². The topological polar surface area (TPSA) is 27.1 Å². The standard InChI is InChI=1S/C24H22N2O/c1-18-16-19(2)26(25-18)23-12-8-20(9-13-23)17-27-24-14-10-22(11-15-24)21-6-4-3-5-7-21/h3-16H,17H2,1-2H3. The third-order valence-electron chi connectivity index (χ3n) is 4.56. The predicted molar refractivity (Wildman–Crippen MR) is 109 cm³/mol. The molecule has 0 N–H and O–H groups in total. The monoisotopic (exact) mass is 354 g/mol. The SMILES string of the molecule is Cc1cc(C)n(-c2ccc(COc3ccc(-c4ccccc4)cc3)cc2)n1. The van der Waals surface area contributed by atoms with Crippen LogP contribution in [0.15, 0.2) is 84.9 Å². The van der Waals surface area contributed by atoms with Crippen molar-refractivity contribution in [2.45, 2.75) is 20.5 Å². The van der Waals surface area contributed by atoms with E-state index in [0.717, 1.165) is 28.4 Å². The lowest BCUT2D eigenvalue weighted by Gasteiger charge is -2.09. The summed E-state index contributed by atoms with van der Waals surface area (Å²) in [6, 6.07) is 29.0. The Balaban J connectivity index is 1.41. The summed E-state index contributed by atoms with van der Waals surface area (Å²) in [5.74, 6) is 0.873. The molecule has 3 nitrogen and oxygen atoms in total. The lowest BCUT2D eigenvalue weighted by molar-refractivity contribution is 0.306. The molecule has 0 saturated carbocycles. The van der Waals surface area contributed by atoms with Gasteiger partial charge in [-0.25, -0.2) is 4.68 Å². The third kappa shape index (κ3) is 3.93. The summed E-state index contributed by atoms with van der Waals surface area (Å²) >= 11 is 0. The molecule has 3 aromatic carbocycles. The van der Waals surface area contributed by atoms with E-state index in [1.54, 1.807) is 0 Å². The molecular formula is C24H22N2O. The van der Waals surface area contributed by atoms with Gasteiger partial charge in [0.05, 0.1) is 11.4 Å². The van der Waals surface area contributed by atoms with Crippen LogP contribution in [0.2, 0.25) is 0 Å². The van der Waals surface area contributed by atoms with Gasteiger partial charge in [0.15, 0.2) is 0 Å². The Kier molecular flexibility index (Phi) is 4.75. The van der Waals surface area contributed by atoms with Gasteiger partial charge in [-0.2, -0.15) is 5.10 Å². The second-order valence-electron chi connectivity index (χ2n) is 6.68. The highest BCUT2D eigenvalue weighted by atomic mass is 16.5. The highest BCUT2D eigenvalue weighted by Gasteiger charge is 2.04. The fourth-order valence-electron chi connectivity index (χ4n) is 3.16. The molecule has 0 atom stereocenters. The first-order valence-electron chi connectivity index (χ1n) is 9.10. The molecule has 4 aromatic rings. The number of nitrogens with zero attached hydrogens (tertiary/aromatic N) is 2. The summed E-state index contributed by atoms with van der Waals surface area (Å²) in [7, 11) is 0. The van der Waals surface area contributed by atoms with Crippen LogP contribution in [-0.2, 0) is 6.61 Å². The van der Waals surface area contributed by atoms with Gasteiger partial charge in [-0.15, -0.1) is 0 Å². The van der Waals surface area contributed by atoms with Crippen molar-refractivity contribution in [3.63, 3.8) is 0 Å². The Morgan fingerprint density at radius 3 is 2.07 bits per heavy atom. The Labute approximate surface area is 159 Å². The molecule has 0 bridgehead atoms. The first kappa shape index (κ1) is 17.1.